The number of amides is 1. The number of nitrogens with one attached hydrogen (secondary N) is 1. The second-order valence-electron chi connectivity index (χ2n) is 7.23. The maximum Gasteiger partial charge on any atom is 0.251 e. The molecule has 0 radical (unpaired) electrons. The monoisotopic (exact) mass is 491 g/mol. The molecule has 1 fully saturated rings. The summed E-state index contributed by atoms with van der Waals surface area (Å²) < 4.78 is 32.0. The minimum atomic E-state index is -3.59. The summed E-state index contributed by atoms with van der Waals surface area (Å²) in [5.74, 6) is -0.285. The molecule has 1 aliphatic rings. The Labute approximate surface area is 196 Å². The Bertz CT molecular complexity index is 1220. The van der Waals surface area contributed by atoms with E-state index in [0.717, 1.165) is 21.1 Å². The van der Waals surface area contributed by atoms with Gasteiger partial charge in [-0.25, -0.2) is 13.4 Å². The second-order valence-corrected chi connectivity index (χ2v) is 10.7. The highest BCUT2D eigenvalue weighted by Crippen LogP contribution is 2.32. The Hall–Kier alpha value is -2.30. The lowest BCUT2D eigenvalue weighted by molar-refractivity contribution is 0.0730. The van der Waals surface area contributed by atoms with Gasteiger partial charge in [0.05, 0.1) is 35.4 Å². The molecule has 7 nitrogen and oxygen atoms in total. The summed E-state index contributed by atoms with van der Waals surface area (Å²) in [6.07, 6.45) is 0. The topological polar surface area (TPSA) is 88.6 Å². The molecule has 1 N–H and O–H groups in total. The first-order valence-corrected chi connectivity index (χ1v) is 12.7. The molecule has 0 saturated carbocycles. The van der Waals surface area contributed by atoms with Crippen LogP contribution in [0.5, 0.6) is 0 Å². The molecule has 1 saturated heterocycles. The van der Waals surface area contributed by atoms with Crippen LogP contribution in [-0.4, -0.2) is 49.9 Å². The highest BCUT2D eigenvalue weighted by molar-refractivity contribution is 7.89. The molecule has 2 aromatic carbocycles. The Balaban J connectivity index is 1.42. The highest BCUT2D eigenvalue weighted by Gasteiger charge is 2.26. The van der Waals surface area contributed by atoms with Crippen LogP contribution in [0.25, 0.3) is 10.6 Å². The number of thiazole rings is 1. The minimum Gasteiger partial charge on any atom is -0.379 e. The molecule has 1 aromatic heterocycles. The van der Waals surface area contributed by atoms with Gasteiger partial charge in [-0.15, -0.1) is 11.3 Å². The molecule has 3 aromatic rings. The number of carbonyl (C=O) groups excluding carboxylic acids is 1. The Morgan fingerprint density at radius 2 is 1.84 bits per heavy atom. The molecule has 0 bridgehead atoms. The van der Waals surface area contributed by atoms with E-state index in [1.807, 2.05) is 31.2 Å². The van der Waals surface area contributed by atoms with Gasteiger partial charge in [0.25, 0.3) is 5.91 Å². The van der Waals surface area contributed by atoms with Crippen LogP contribution in [0.2, 0.25) is 5.02 Å². The summed E-state index contributed by atoms with van der Waals surface area (Å²) in [5, 5.41) is 4.31. The minimum absolute atomic E-state index is 0.165. The lowest BCUT2D eigenvalue weighted by Crippen LogP contribution is -2.40. The number of carbonyl (C=O) groups is 1. The average Bonchev–Trinajstić information content (AvgIpc) is 3.18. The Morgan fingerprint density at radius 1 is 1.16 bits per heavy atom. The molecule has 4 rings (SSSR count). The van der Waals surface area contributed by atoms with Gasteiger partial charge >= 0.3 is 0 Å². The van der Waals surface area contributed by atoms with Crippen LogP contribution >= 0.6 is 22.9 Å². The molecular weight excluding hydrogens is 470 g/mol. The van der Waals surface area contributed by atoms with Gasteiger partial charge in [-0.2, -0.15) is 4.31 Å². The molecule has 0 aliphatic carbocycles. The van der Waals surface area contributed by atoms with Gasteiger partial charge < -0.3 is 10.1 Å². The summed E-state index contributed by atoms with van der Waals surface area (Å²) in [4.78, 5) is 18.3. The van der Waals surface area contributed by atoms with Crippen molar-refractivity contribution < 1.29 is 17.9 Å². The number of hydrogen-bond acceptors (Lipinski definition) is 6. The predicted molar refractivity (Wildman–Crippen MR) is 124 cm³/mol. The fourth-order valence-electron chi connectivity index (χ4n) is 3.32. The number of benzene rings is 2. The van der Waals surface area contributed by atoms with Gasteiger partial charge in [0.15, 0.2) is 0 Å². The zero-order chi connectivity index (χ0) is 22.7. The van der Waals surface area contributed by atoms with Crippen molar-refractivity contribution in [2.24, 2.45) is 0 Å². The molecule has 168 valence electrons. The lowest BCUT2D eigenvalue weighted by Gasteiger charge is -2.26. The van der Waals surface area contributed by atoms with Crippen molar-refractivity contribution in [2.45, 2.75) is 18.4 Å². The van der Waals surface area contributed by atoms with Crippen molar-refractivity contribution in [1.82, 2.24) is 14.6 Å². The molecule has 2 heterocycles. The van der Waals surface area contributed by atoms with E-state index in [4.69, 9.17) is 16.3 Å². The number of morpholine rings is 1. The number of hydrogen-bond donors (Lipinski definition) is 1. The number of sulfonamides is 1. The molecule has 10 heteroatoms. The van der Waals surface area contributed by atoms with Crippen molar-refractivity contribution in [3.05, 3.63) is 69.7 Å². The van der Waals surface area contributed by atoms with E-state index in [1.54, 1.807) is 0 Å². The number of ether oxygens (including phenoxy) is 1. The number of aryl methyl sites for hydroxylation is 1. The van der Waals surface area contributed by atoms with Crippen molar-refractivity contribution >= 4 is 38.9 Å². The van der Waals surface area contributed by atoms with Crippen LogP contribution in [0.3, 0.4) is 0 Å². The van der Waals surface area contributed by atoms with E-state index in [1.165, 1.54) is 39.9 Å². The fraction of sp³-hybridized carbons (Fsp3) is 0.273. The largest absolute Gasteiger partial charge is 0.379 e. The maximum absolute atomic E-state index is 12.7. The van der Waals surface area contributed by atoms with Crippen molar-refractivity contribution in [1.29, 1.82) is 0 Å². The first kappa shape index (κ1) is 22.9. The second kappa shape index (κ2) is 9.68. The zero-order valence-electron chi connectivity index (χ0n) is 17.4. The SMILES string of the molecule is Cc1nc(-c2ccccc2Cl)sc1CNC(=O)c1ccc(S(=O)(=O)N2CCOCC2)cc1. The molecule has 1 aliphatic heterocycles. The van der Waals surface area contributed by atoms with Crippen LogP contribution in [0.4, 0.5) is 0 Å². The van der Waals surface area contributed by atoms with Crippen LogP contribution in [0, 0.1) is 6.92 Å². The summed E-state index contributed by atoms with van der Waals surface area (Å²) in [5.41, 5.74) is 2.08. The van der Waals surface area contributed by atoms with Crippen LogP contribution in [0.15, 0.2) is 53.4 Å². The summed E-state index contributed by atoms with van der Waals surface area (Å²) in [6.45, 7) is 3.64. The van der Waals surface area contributed by atoms with Gasteiger partial charge in [-0.05, 0) is 37.3 Å². The standard InChI is InChI=1S/C22H22ClN3O4S2/c1-15-20(31-22(25-15)18-4-2-3-5-19(18)23)14-24-21(27)16-6-8-17(9-7-16)32(28,29)26-10-12-30-13-11-26/h2-9H,10-14H2,1H3,(H,24,27). The van der Waals surface area contributed by atoms with Gasteiger partial charge in [-0.3, -0.25) is 4.79 Å². The first-order chi connectivity index (χ1) is 15.4. The summed E-state index contributed by atoms with van der Waals surface area (Å²) in [7, 11) is -3.59. The number of aromatic nitrogens is 1. The molecule has 32 heavy (non-hydrogen) atoms. The van der Waals surface area contributed by atoms with Crippen molar-refractivity contribution in [3.8, 4) is 10.6 Å². The number of rotatable bonds is 6. The average molecular weight is 492 g/mol. The quantitative estimate of drug-likeness (QED) is 0.567. The van der Waals surface area contributed by atoms with Gasteiger partial charge in [0, 0.05) is 29.1 Å². The molecule has 1 amide bonds. The van der Waals surface area contributed by atoms with Gasteiger partial charge in [-0.1, -0.05) is 29.8 Å². The third kappa shape index (κ3) is 4.87. The van der Waals surface area contributed by atoms with Crippen molar-refractivity contribution in [3.63, 3.8) is 0 Å². The maximum atomic E-state index is 12.7. The molecule has 0 spiro atoms. The third-order valence-electron chi connectivity index (χ3n) is 5.13. The normalized spacial score (nSPS) is 14.9. The molecular formula is C22H22ClN3O4S2. The van der Waals surface area contributed by atoms with Gasteiger partial charge in [0.1, 0.15) is 5.01 Å². The van der Waals surface area contributed by atoms with Crippen LogP contribution in [-0.2, 0) is 21.3 Å². The van der Waals surface area contributed by atoms with Crippen LogP contribution < -0.4 is 5.32 Å². The number of nitrogens with zero attached hydrogens (tertiary/aromatic N) is 2. The smallest absolute Gasteiger partial charge is 0.251 e. The van der Waals surface area contributed by atoms with E-state index in [-0.39, 0.29) is 10.8 Å². The molecule has 0 unspecified atom stereocenters. The first-order valence-electron chi connectivity index (χ1n) is 10.0. The fourth-order valence-corrected chi connectivity index (χ4v) is 6.05. The van der Waals surface area contributed by atoms with E-state index in [9.17, 15) is 13.2 Å². The lowest BCUT2D eigenvalue weighted by atomic mass is 10.2. The van der Waals surface area contributed by atoms with E-state index in [2.05, 4.69) is 10.3 Å². The van der Waals surface area contributed by atoms with Crippen molar-refractivity contribution in [2.75, 3.05) is 26.3 Å². The predicted octanol–water partition coefficient (Wildman–Crippen LogP) is 3.72. The summed E-state index contributed by atoms with van der Waals surface area (Å²) in [6, 6.07) is 13.5. The highest BCUT2D eigenvalue weighted by atomic mass is 35.5. The Morgan fingerprint density at radius 3 is 2.53 bits per heavy atom. The van der Waals surface area contributed by atoms with Crippen LogP contribution in [0.1, 0.15) is 20.9 Å². The zero-order valence-corrected chi connectivity index (χ0v) is 19.8. The van der Waals surface area contributed by atoms with E-state index < -0.39 is 10.0 Å². The van der Waals surface area contributed by atoms with E-state index >= 15 is 0 Å². The summed E-state index contributed by atoms with van der Waals surface area (Å²) >= 11 is 7.75. The van der Waals surface area contributed by atoms with E-state index in [0.29, 0.717) is 43.4 Å². The van der Waals surface area contributed by atoms with Gasteiger partial charge in [0.2, 0.25) is 10.0 Å². The molecule has 0 atom stereocenters. The number of halogens is 1. The Kier molecular flexibility index (Phi) is 6.92. The third-order valence-corrected chi connectivity index (χ3v) is 8.56.